The Morgan fingerprint density at radius 3 is 2.42 bits per heavy atom. The standard InChI is InChI=1S/C25H24FN3O3S/c26-21-11-5-7-13-24(21)33(31,32)29-23(16-18-8-2-1-3-9-18)25(30)27-15-14-19-17-28-22-12-6-4-10-20(19)22/h1-13,17,23,28-29H,14-16H2,(H,27,30)/t23-/m0/s1. The highest BCUT2D eigenvalue weighted by Crippen LogP contribution is 2.18. The smallest absolute Gasteiger partial charge is 0.244 e. The third-order valence-corrected chi connectivity index (χ3v) is 6.90. The van der Waals surface area contributed by atoms with Gasteiger partial charge in [-0.1, -0.05) is 60.7 Å². The molecule has 3 aromatic carbocycles. The number of sulfonamides is 1. The fraction of sp³-hybridized carbons (Fsp3) is 0.160. The van der Waals surface area contributed by atoms with Gasteiger partial charge in [-0.05, 0) is 42.2 Å². The number of hydrogen-bond donors (Lipinski definition) is 3. The zero-order valence-electron chi connectivity index (χ0n) is 17.8. The Morgan fingerprint density at radius 2 is 1.64 bits per heavy atom. The molecule has 1 atom stereocenters. The maximum absolute atomic E-state index is 14.1. The summed E-state index contributed by atoms with van der Waals surface area (Å²) >= 11 is 0. The first-order chi connectivity index (χ1) is 15.9. The lowest BCUT2D eigenvalue weighted by Crippen LogP contribution is -2.48. The maximum Gasteiger partial charge on any atom is 0.244 e. The number of halogens is 1. The van der Waals surface area contributed by atoms with Gasteiger partial charge in [-0.3, -0.25) is 4.79 Å². The molecule has 33 heavy (non-hydrogen) atoms. The SMILES string of the molecule is O=C(NCCc1c[nH]c2ccccc12)[C@H](Cc1ccccc1)NS(=O)(=O)c1ccccc1F. The van der Waals surface area contributed by atoms with E-state index < -0.39 is 32.7 Å². The maximum atomic E-state index is 14.1. The highest BCUT2D eigenvalue weighted by Gasteiger charge is 2.27. The highest BCUT2D eigenvalue weighted by molar-refractivity contribution is 7.89. The van der Waals surface area contributed by atoms with Gasteiger partial charge in [0.1, 0.15) is 16.8 Å². The number of aromatic amines is 1. The number of fused-ring (bicyclic) bond motifs is 1. The molecule has 0 spiro atoms. The first kappa shape index (κ1) is 22.7. The Balaban J connectivity index is 1.49. The Labute approximate surface area is 191 Å². The molecule has 0 saturated heterocycles. The Hall–Kier alpha value is -3.49. The Kier molecular flexibility index (Phi) is 6.86. The van der Waals surface area contributed by atoms with Gasteiger partial charge in [0.25, 0.3) is 0 Å². The van der Waals surface area contributed by atoms with Gasteiger partial charge in [0.05, 0.1) is 0 Å². The van der Waals surface area contributed by atoms with Gasteiger partial charge in [-0.2, -0.15) is 4.72 Å². The van der Waals surface area contributed by atoms with Crippen LogP contribution in [0.3, 0.4) is 0 Å². The van der Waals surface area contributed by atoms with E-state index in [2.05, 4.69) is 15.0 Å². The molecular weight excluding hydrogens is 441 g/mol. The minimum Gasteiger partial charge on any atom is -0.361 e. The monoisotopic (exact) mass is 465 g/mol. The summed E-state index contributed by atoms with van der Waals surface area (Å²) in [6.45, 7) is 0.327. The predicted molar refractivity (Wildman–Crippen MR) is 126 cm³/mol. The van der Waals surface area contributed by atoms with Gasteiger partial charge in [0.2, 0.25) is 15.9 Å². The lowest BCUT2D eigenvalue weighted by atomic mass is 10.1. The average Bonchev–Trinajstić information content (AvgIpc) is 3.22. The summed E-state index contributed by atoms with van der Waals surface area (Å²) < 4.78 is 42.2. The number of hydrogen-bond acceptors (Lipinski definition) is 3. The first-order valence-electron chi connectivity index (χ1n) is 10.6. The molecule has 0 unspecified atom stereocenters. The molecule has 170 valence electrons. The number of rotatable bonds is 9. The van der Waals surface area contributed by atoms with E-state index in [0.717, 1.165) is 28.1 Å². The van der Waals surface area contributed by atoms with E-state index in [1.165, 1.54) is 18.2 Å². The Bertz CT molecular complexity index is 1350. The molecule has 1 amide bonds. The Morgan fingerprint density at radius 1 is 0.939 bits per heavy atom. The molecule has 0 fully saturated rings. The van der Waals surface area contributed by atoms with Crippen LogP contribution in [0, 0.1) is 5.82 Å². The van der Waals surface area contributed by atoms with Crippen molar-refractivity contribution in [3.63, 3.8) is 0 Å². The summed E-state index contributed by atoms with van der Waals surface area (Å²) in [5.41, 5.74) is 2.85. The van der Waals surface area contributed by atoms with Crippen molar-refractivity contribution in [2.24, 2.45) is 0 Å². The van der Waals surface area contributed by atoms with Crippen molar-refractivity contribution >= 4 is 26.8 Å². The number of benzene rings is 3. The van der Waals surface area contributed by atoms with Crippen molar-refractivity contribution < 1.29 is 17.6 Å². The quantitative estimate of drug-likeness (QED) is 0.353. The van der Waals surface area contributed by atoms with Crippen LogP contribution in [0.4, 0.5) is 4.39 Å². The van der Waals surface area contributed by atoms with Crippen LogP contribution in [0.1, 0.15) is 11.1 Å². The predicted octanol–water partition coefficient (Wildman–Crippen LogP) is 3.56. The molecule has 4 rings (SSSR count). The second-order valence-electron chi connectivity index (χ2n) is 7.69. The average molecular weight is 466 g/mol. The van der Waals surface area contributed by atoms with Crippen molar-refractivity contribution in [3.05, 3.63) is 102 Å². The molecule has 8 heteroatoms. The van der Waals surface area contributed by atoms with Crippen molar-refractivity contribution in [1.82, 2.24) is 15.0 Å². The molecule has 4 aromatic rings. The first-order valence-corrected chi connectivity index (χ1v) is 12.1. The van der Waals surface area contributed by atoms with Crippen LogP contribution in [0.25, 0.3) is 10.9 Å². The van der Waals surface area contributed by atoms with Crippen LogP contribution in [-0.4, -0.2) is 31.9 Å². The molecule has 0 aliphatic heterocycles. The van der Waals surface area contributed by atoms with Gasteiger partial charge in [0, 0.05) is 23.6 Å². The van der Waals surface area contributed by atoms with Gasteiger partial charge in [0.15, 0.2) is 0 Å². The third-order valence-electron chi connectivity index (χ3n) is 5.39. The number of carbonyl (C=O) groups excluding carboxylic acids is 1. The molecule has 1 heterocycles. The molecule has 0 aliphatic rings. The van der Waals surface area contributed by atoms with E-state index in [0.29, 0.717) is 13.0 Å². The van der Waals surface area contributed by atoms with E-state index in [9.17, 15) is 17.6 Å². The number of H-pyrrole nitrogens is 1. The van der Waals surface area contributed by atoms with E-state index in [1.54, 1.807) is 0 Å². The van der Waals surface area contributed by atoms with Crippen molar-refractivity contribution in [1.29, 1.82) is 0 Å². The lowest BCUT2D eigenvalue weighted by Gasteiger charge is -2.19. The molecule has 6 nitrogen and oxygen atoms in total. The van der Waals surface area contributed by atoms with Crippen LogP contribution in [0.15, 0.2) is 90.0 Å². The third kappa shape index (κ3) is 5.47. The molecule has 0 saturated carbocycles. The molecule has 0 bridgehead atoms. The normalized spacial score (nSPS) is 12.5. The van der Waals surface area contributed by atoms with Crippen LogP contribution >= 0.6 is 0 Å². The van der Waals surface area contributed by atoms with Crippen molar-refractivity contribution in [2.45, 2.75) is 23.8 Å². The van der Waals surface area contributed by atoms with Crippen LogP contribution < -0.4 is 10.0 Å². The topological polar surface area (TPSA) is 91.1 Å². The fourth-order valence-corrected chi connectivity index (χ4v) is 5.01. The van der Waals surface area contributed by atoms with Gasteiger partial charge < -0.3 is 10.3 Å². The lowest BCUT2D eigenvalue weighted by molar-refractivity contribution is -0.122. The fourth-order valence-electron chi connectivity index (χ4n) is 3.73. The summed E-state index contributed by atoms with van der Waals surface area (Å²) in [5.74, 6) is -1.35. The van der Waals surface area contributed by atoms with Gasteiger partial charge in [-0.25, -0.2) is 12.8 Å². The number of para-hydroxylation sites is 1. The number of amides is 1. The van der Waals surface area contributed by atoms with E-state index >= 15 is 0 Å². The summed E-state index contributed by atoms with van der Waals surface area (Å²) in [4.78, 5) is 15.7. The number of carbonyl (C=O) groups is 1. The van der Waals surface area contributed by atoms with E-state index in [1.807, 2.05) is 60.8 Å². The van der Waals surface area contributed by atoms with Crippen molar-refractivity contribution in [2.75, 3.05) is 6.54 Å². The summed E-state index contributed by atoms with van der Waals surface area (Å²) in [6, 6.07) is 20.9. The van der Waals surface area contributed by atoms with Crippen LogP contribution in [0.5, 0.6) is 0 Å². The second kappa shape index (κ2) is 9.97. The second-order valence-corrected chi connectivity index (χ2v) is 9.38. The number of nitrogens with one attached hydrogen (secondary N) is 3. The van der Waals surface area contributed by atoms with E-state index in [-0.39, 0.29) is 6.42 Å². The van der Waals surface area contributed by atoms with Gasteiger partial charge >= 0.3 is 0 Å². The van der Waals surface area contributed by atoms with E-state index in [4.69, 9.17) is 0 Å². The molecule has 0 radical (unpaired) electrons. The van der Waals surface area contributed by atoms with Crippen LogP contribution in [0.2, 0.25) is 0 Å². The molecule has 0 aliphatic carbocycles. The van der Waals surface area contributed by atoms with Gasteiger partial charge in [-0.15, -0.1) is 0 Å². The number of aromatic nitrogens is 1. The highest BCUT2D eigenvalue weighted by atomic mass is 32.2. The summed E-state index contributed by atoms with van der Waals surface area (Å²) in [6.07, 6.45) is 2.61. The minimum absolute atomic E-state index is 0.132. The zero-order valence-corrected chi connectivity index (χ0v) is 18.6. The molecule has 3 N–H and O–H groups in total. The zero-order chi connectivity index (χ0) is 23.3. The largest absolute Gasteiger partial charge is 0.361 e. The molecular formula is C25H24FN3O3S. The molecule has 1 aromatic heterocycles. The summed E-state index contributed by atoms with van der Waals surface area (Å²) in [5, 5.41) is 3.90. The van der Waals surface area contributed by atoms with Crippen LogP contribution in [-0.2, 0) is 27.7 Å². The van der Waals surface area contributed by atoms with Crippen molar-refractivity contribution in [3.8, 4) is 0 Å². The summed E-state index contributed by atoms with van der Waals surface area (Å²) in [7, 11) is -4.24. The minimum atomic E-state index is -4.24.